The highest BCUT2D eigenvalue weighted by Crippen LogP contribution is 2.23. The first kappa shape index (κ1) is 14.7. The molecule has 1 aromatic carbocycles. The van der Waals surface area contributed by atoms with Gasteiger partial charge in [0.1, 0.15) is 11.6 Å². The Morgan fingerprint density at radius 2 is 2.05 bits per heavy atom. The van der Waals surface area contributed by atoms with E-state index >= 15 is 0 Å². The monoisotopic (exact) mass is 352 g/mol. The standard InChI is InChI=1S/C14H10BrClN2O2/c15-9-4-5-11(18-13(19)8-16)10(7-9)14(20)12-3-1-2-6-17-12/h1-7H,8H2,(H,18,19). The van der Waals surface area contributed by atoms with Gasteiger partial charge in [-0.05, 0) is 30.3 Å². The molecular weight excluding hydrogens is 344 g/mol. The van der Waals surface area contributed by atoms with Crippen molar-refractivity contribution in [1.29, 1.82) is 0 Å². The molecule has 0 saturated heterocycles. The van der Waals surface area contributed by atoms with Gasteiger partial charge in [-0.15, -0.1) is 11.6 Å². The third kappa shape index (κ3) is 3.43. The van der Waals surface area contributed by atoms with Crippen molar-refractivity contribution in [2.75, 3.05) is 11.2 Å². The van der Waals surface area contributed by atoms with Gasteiger partial charge < -0.3 is 5.32 Å². The van der Waals surface area contributed by atoms with Crippen LogP contribution in [0.25, 0.3) is 0 Å². The molecule has 1 N–H and O–H groups in total. The molecule has 0 bridgehead atoms. The van der Waals surface area contributed by atoms with E-state index in [-0.39, 0.29) is 17.6 Å². The van der Waals surface area contributed by atoms with Gasteiger partial charge >= 0.3 is 0 Å². The number of hydrogen-bond donors (Lipinski definition) is 1. The Morgan fingerprint density at radius 1 is 1.25 bits per heavy atom. The number of nitrogens with zero attached hydrogens (tertiary/aromatic N) is 1. The molecule has 20 heavy (non-hydrogen) atoms. The number of nitrogens with one attached hydrogen (secondary N) is 1. The van der Waals surface area contributed by atoms with Crippen molar-refractivity contribution in [3.63, 3.8) is 0 Å². The van der Waals surface area contributed by atoms with Crippen LogP contribution in [-0.4, -0.2) is 22.6 Å². The van der Waals surface area contributed by atoms with Crippen LogP contribution in [0.2, 0.25) is 0 Å². The molecule has 2 rings (SSSR count). The molecule has 1 amide bonds. The lowest BCUT2D eigenvalue weighted by Crippen LogP contribution is -2.16. The Kier molecular flexibility index (Phi) is 4.87. The van der Waals surface area contributed by atoms with Crippen molar-refractivity contribution < 1.29 is 9.59 Å². The van der Waals surface area contributed by atoms with Gasteiger partial charge in [0.25, 0.3) is 0 Å². The number of rotatable bonds is 4. The zero-order valence-corrected chi connectivity index (χ0v) is 12.6. The molecular formula is C14H10BrClN2O2. The van der Waals surface area contributed by atoms with E-state index in [1.165, 1.54) is 0 Å². The van der Waals surface area contributed by atoms with E-state index in [9.17, 15) is 9.59 Å². The minimum Gasteiger partial charge on any atom is -0.324 e. The van der Waals surface area contributed by atoms with Crippen LogP contribution < -0.4 is 5.32 Å². The Hall–Kier alpha value is -1.72. The van der Waals surface area contributed by atoms with Crippen molar-refractivity contribution in [3.05, 3.63) is 58.3 Å². The number of anilines is 1. The van der Waals surface area contributed by atoms with Crippen LogP contribution >= 0.6 is 27.5 Å². The molecule has 0 fully saturated rings. The van der Waals surface area contributed by atoms with Gasteiger partial charge in [0, 0.05) is 16.2 Å². The summed E-state index contributed by atoms with van der Waals surface area (Å²) in [6.45, 7) is 0. The molecule has 1 heterocycles. The highest BCUT2D eigenvalue weighted by molar-refractivity contribution is 9.10. The number of benzene rings is 1. The molecule has 0 aliphatic carbocycles. The van der Waals surface area contributed by atoms with Crippen molar-refractivity contribution in [1.82, 2.24) is 4.98 Å². The number of amides is 1. The molecule has 6 heteroatoms. The first-order valence-electron chi connectivity index (χ1n) is 5.73. The molecule has 0 aliphatic heterocycles. The lowest BCUT2D eigenvalue weighted by molar-refractivity contribution is -0.113. The highest BCUT2D eigenvalue weighted by atomic mass is 79.9. The summed E-state index contributed by atoms with van der Waals surface area (Å²) in [4.78, 5) is 27.8. The lowest BCUT2D eigenvalue weighted by Gasteiger charge is -2.10. The maximum Gasteiger partial charge on any atom is 0.239 e. The number of pyridine rings is 1. The highest BCUT2D eigenvalue weighted by Gasteiger charge is 2.16. The number of halogens is 2. The molecule has 0 aliphatic rings. The summed E-state index contributed by atoms with van der Waals surface area (Å²) >= 11 is 8.77. The molecule has 0 spiro atoms. The zero-order valence-electron chi connectivity index (χ0n) is 10.3. The summed E-state index contributed by atoms with van der Waals surface area (Å²) in [5.41, 5.74) is 1.08. The molecule has 0 radical (unpaired) electrons. The quantitative estimate of drug-likeness (QED) is 0.678. The molecule has 102 valence electrons. The van der Waals surface area contributed by atoms with Gasteiger partial charge in [-0.1, -0.05) is 22.0 Å². The summed E-state index contributed by atoms with van der Waals surface area (Å²) in [5.74, 6) is -0.811. The molecule has 1 aromatic heterocycles. The van der Waals surface area contributed by atoms with E-state index in [0.29, 0.717) is 16.9 Å². The van der Waals surface area contributed by atoms with Gasteiger partial charge in [-0.2, -0.15) is 0 Å². The molecule has 2 aromatic rings. The van der Waals surface area contributed by atoms with Crippen LogP contribution in [0, 0.1) is 0 Å². The SMILES string of the molecule is O=C(CCl)Nc1ccc(Br)cc1C(=O)c1ccccn1. The van der Waals surface area contributed by atoms with E-state index in [0.717, 1.165) is 4.47 Å². The van der Waals surface area contributed by atoms with Crippen molar-refractivity contribution >= 4 is 44.9 Å². The summed E-state index contributed by atoms with van der Waals surface area (Å²) in [7, 11) is 0. The lowest BCUT2D eigenvalue weighted by atomic mass is 10.1. The fraction of sp³-hybridized carbons (Fsp3) is 0.0714. The molecule has 4 nitrogen and oxygen atoms in total. The molecule has 0 unspecified atom stereocenters. The Bertz CT molecular complexity index is 647. The van der Waals surface area contributed by atoms with Crippen molar-refractivity contribution in [3.8, 4) is 0 Å². The van der Waals surface area contributed by atoms with Gasteiger partial charge in [0.15, 0.2) is 0 Å². The number of aromatic nitrogens is 1. The van der Waals surface area contributed by atoms with E-state index in [2.05, 4.69) is 26.2 Å². The predicted octanol–water partition coefficient (Wildman–Crippen LogP) is 3.25. The van der Waals surface area contributed by atoms with Crippen molar-refractivity contribution in [2.24, 2.45) is 0 Å². The third-order valence-electron chi connectivity index (χ3n) is 2.52. The molecule has 0 atom stereocenters. The van der Waals surface area contributed by atoms with Gasteiger partial charge in [-0.3, -0.25) is 14.6 Å². The summed E-state index contributed by atoms with van der Waals surface area (Å²) < 4.78 is 0.737. The number of hydrogen-bond acceptors (Lipinski definition) is 3. The number of alkyl halides is 1. The number of ketones is 1. The van der Waals surface area contributed by atoms with Crippen molar-refractivity contribution in [2.45, 2.75) is 0 Å². The van der Waals surface area contributed by atoms with Crippen LogP contribution in [-0.2, 0) is 4.79 Å². The Labute approximate surface area is 129 Å². The van der Waals surface area contributed by atoms with E-state index in [4.69, 9.17) is 11.6 Å². The average molecular weight is 354 g/mol. The van der Waals surface area contributed by atoms with E-state index < -0.39 is 0 Å². The average Bonchev–Trinajstić information content (AvgIpc) is 2.49. The first-order valence-corrected chi connectivity index (χ1v) is 7.05. The third-order valence-corrected chi connectivity index (χ3v) is 3.26. The minimum absolute atomic E-state index is 0.173. The minimum atomic E-state index is -0.371. The maximum atomic E-state index is 12.4. The zero-order chi connectivity index (χ0) is 14.5. The number of carbonyl (C=O) groups is 2. The predicted molar refractivity (Wildman–Crippen MR) is 81.2 cm³/mol. The second kappa shape index (κ2) is 6.63. The first-order chi connectivity index (χ1) is 9.61. The normalized spacial score (nSPS) is 10.1. The fourth-order valence-electron chi connectivity index (χ4n) is 1.63. The van der Waals surface area contributed by atoms with Crippen LogP contribution in [0.3, 0.4) is 0 Å². The number of carbonyl (C=O) groups excluding carboxylic acids is 2. The second-order valence-electron chi connectivity index (χ2n) is 3.92. The summed E-state index contributed by atoms with van der Waals surface area (Å²) in [5, 5.41) is 2.60. The van der Waals surface area contributed by atoms with Gasteiger partial charge in [-0.25, -0.2) is 0 Å². The Balaban J connectivity index is 2.41. The molecule has 0 saturated carbocycles. The van der Waals surface area contributed by atoms with E-state index in [1.807, 2.05) is 0 Å². The van der Waals surface area contributed by atoms with Gasteiger partial charge in [0.05, 0.1) is 5.69 Å². The van der Waals surface area contributed by atoms with Crippen LogP contribution in [0.4, 0.5) is 5.69 Å². The van der Waals surface area contributed by atoms with Crippen LogP contribution in [0.1, 0.15) is 16.1 Å². The smallest absolute Gasteiger partial charge is 0.239 e. The fourth-order valence-corrected chi connectivity index (χ4v) is 2.06. The topological polar surface area (TPSA) is 59.1 Å². The van der Waals surface area contributed by atoms with Crippen LogP contribution in [0.5, 0.6) is 0 Å². The second-order valence-corrected chi connectivity index (χ2v) is 5.10. The van der Waals surface area contributed by atoms with E-state index in [1.54, 1.807) is 42.6 Å². The summed E-state index contributed by atoms with van der Waals surface area (Å²) in [6, 6.07) is 10.1. The Morgan fingerprint density at radius 3 is 2.70 bits per heavy atom. The summed E-state index contributed by atoms with van der Waals surface area (Å²) in [6.07, 6.45) is 1.54. The maximum absolute atomic E-state index is 12.4. The van der Waals surface area contributed by atoms with Gasteiger partial charge in [0.2, 0.25) is 11.7 Å². The van der Waals surface area contributed by atoms with Crippen LogP contribution in [0.15, 0.2) is 47.1 Å². The largest absolute Gasteiger partial charge is 0.324 e.